The van der Waals surface area contributed by atoms with E-state index in [-0.39, 0.29) is 16.9 Å². The molecule has 1 aromatic rings. The van der Waals surface area contributed by atoms with Gasteiger partial charge in [-0.25, -0.2) is 0 Å². The fourth-order valence-electron chi connectivity index (χ4n) is 6.29. The molecule has 0 aromatic heterocycles. The Labute approximate surface area is 171 Å². The van der Waals surface area contributed by atoms with Gasteiger partial charge in [0.2, 0.25) is 5.91 Å². The Morgan fingerprint density at radius 1 is 0.862 bits per heavy atom. The normalized spacial score (nSPS) is 29.3. The molecule has 0 unspecified atom stereocenters. The Morgan fingerprint density at radius 2 is 1.38 bits per heavy atom. The molecule has 2 amide bonds. The summed E-state index contributed by atoms with van der Waals surface area (Å²) in [6.45, 7) is 0. The van der Waals surface area contributed by atoms with E-state index in [4.69, 9.17) is 14.2 Å². The van der Waals surface area contributed by atoms with Crippen LogP contribution in [0.1, 0.15) is 55.3 Å². The summed E-state index contributed by atoms with van der Waals surface area (Å²) >= 11 is 0. The summed E-state index contributed by atoms with van der Waals surface area (Å²) in [6.07, 6.45) is 7.99. The van der Waals surface area contributed by atoms with Crippen LogP contribution in [0.2, 0.25) is 0 Å². The maximum Gasteiger partial charge on any atom is 0.273 e. The van der Waals surface area contributed by atoms with E-state index in [1.807, 2.05) is 0 Å². The van der Waals surface area contributed by atoms with E-state index in [1.54, 1.807) is 6.07 Å². The van der Waals surface area contributed by atoms with Crippen molar-refractivity contribution in [2.75, 3.05) is 21.3 Å². The molecular weight excluding hydrogens is 372 g/mol. The number of hydrogen-bond acceptors (Lipinski definition) is 5. The Balaban J connectivity index is 1.39. The van der Waals surface area contributed by atoms with Crippen molar-refractivity contribution in [3.05, 3.63) is 17.7 Å². The van der Waals surface area contributed by atoms with Gasteiger partial charge >= 0.3 is 0 Å². The Hall–Kier alpha value is -2.44. The average Bonchev–Trinajstić information content (AvgIpc) is 2.69. The second-order valence-corrected chi connectivity index (χ2v) is 9.00. The fraction of sp³-hybridized carbons (Fsp3) is 0.636. The van der Waals surface area contributed by atoms with Crippen molar-refractivity contribution in [2.24, 2.45) is 23.2 Å². The van der Waals surface area contributed by atoms with Gasteiger partial charge in [0, 0.05) is 18.6 Å². The molecule has 7 heteroatoms. The van der Waals surface area contributed by atoms with Gasteiger partial charge in [-0.15, -0.1) is 0 Å². The molecule has 0 saturated heterocycles. The first kappa shape index (κ1) is 19.9. The monoisotopic (exact) mass is 402 g/mol. The molecule has 4 aliphatic rings. The van der Waals surface area contributed by atoms with Crippen LogP contribution in [0.5, 0.6) is 17.2 Å². The summed E-state index contributed by atoms with van der Waals surface area (Å²) in [6, 6.07) is 3.13. The van der Waals surface area contributed by atoms with Crippen LogP contribution in [-0.2, 0) is 4.79 Å². The lowest BCUT2D eigenvalue weighted by atomic mass is 9.49. The molecule has 2 N–H and O–H groups in total. The van der Waals surface area contributed by atoms with E-state index in [1.165, 1.54) is 46.7 Å². The van der Waals surface area contributed by atoms with Crippen molar-refractivity contribution < 1.29 is 23.8 Å². The number of ether oxygens (including phenoxy) is 3. The first-order chi connectivity index (χ1) is 13.9. The maximum atomic E-state index is 12.7. The van der Waals surface area contributed by atoms with Crippen molar-refractivity contribution in [3.8, 4) is 17.2 Å². The zero-order chi connectivity index (χ0) is 20.6. The van der Waals surface area contributed by atoms with Gasteiger partial charge in [0.05, 0.1) is 26.9 Å². The third-order valence-corrected chi connectivity index (χ3v) is 6.97. The lowest BCUT2D eigenvalue weighted by Gasteiger charge is -2.56. The van der Waals surface area contributed by atoms with Gasteiger partial charge in [-0.3, -0.25) is 20.4 Å². The summed E-state index contributed by atoms with van der Waals surface area (Å²) in [7, 11) is 4.49. The molecule has 5 rings (SSSR count). The molecule has 4 fully saturated rings. The minimum absolute atomic E-state index is 0.125. The van der Waals surface area contributed by atoms with E-state index in [2.05, 4.69) is 10.9 Å². The molecule has 29 heavy (non-hydrogen) atoms. The smallest absolute Gasteiger partial charge is 0.273 e. The third-order valence-electron chi connectivity index (χ3n) is 6.97. The predicted octanol–water partition coefficient (Wildman–Crippen LogP) is 3.08. The second-order valence-electron chi connectivity index (χ2n) is 9.00. The Bertz CT molecular complexity index is 771. The molecule has 4 saturated carbocycles. The van der Waals surface area contributed by atoms with Gasteiger partial charge in [0.25, 0.3) is 5.91 Å². The topological polar surface area (TPSA) is 85.9 Å². The number of methoxy groups -OCH3 is 3. The van der Waals surface area contributed by atoms with E-state index < -0.39 is 5.91 Å². The highest BCUT2D eigenvalue weighted by Gasteiger charge is 2.51. The molecule has 158 valence electrons. The number of benzene rings is 1. The van der Waals surface area contributed by atoms with E-state index >= 15 is 0 Å². The maximum absolute atomic E-state index is 12.7. The van der Waals surface area contributed by atoms with Crippen LogP contribution in [0.4, 0.5) is 0 Å². The minimum Gasteiger partial charge on any atom is -0.496 e. The highest BCUT2D eigenvalue weighted by atomic mass is 16.5. The SMILES string of the molecule is COc1cc(OC)c(C(=O)NNC(=O)CC23CC4CC(CC(C4)C2)C3)cc1OC. The quantitative estimate of drug-likeness (QED) is 0.714. The van der Waals surface area contributed by atoms with Crippen LogP contribution in [-0.4, -0.2) is 33.1 Å². The summed E-state index contributed by atoms with van der Waals surface area (Å²) in [5.41, 5.74) is 5.53. The summed E-state index contributed by atoms with van der Waals surface area (Å²) in [4.78, 5) is 25.3. The number of carbonyl (C=O) groups excluding carboxylic acids is 2. The molecule has 0 aliphatic heterocycles. The standard InChI is InChI=1S/C22H30N2O5/c1-27-17-8-19(29-3)18(28-2)7-16(17)21(26)24-23-20(25)12-22-9-13-4-14(10-22)6-15(5-13)11-22/h7-8,13-15H,4-6,9-12H2,1-3H3,(H,23,25)(H,24,26). The molecule has 1 aromatic carbocycles. The lowest BCUT2D eigenvalue weighted by molar-refractivity contribution is -0.130. The van der Waals surface area contributed by atoms with Crippen molar-refractivity contribution in [2.45, 2.75) is 44.9 Å². The molecule has 4 aliphatic carbocycles. The van der Waals surface area contributed by atoms with Gasteiger partial charge < -0.3 is 14.2 Å². The van der Waals surface area contributed by atoms with E-state index in [9.17, 15) is 9.59 Å². The third kappa shape index (κ3) is 3.87. The van der Waals surface area contributed by atoms with Crippen molar-refractivity contribution in [1.82, 2.24) is 10.9 Å². The molecule has 4 bridgehead atoms. The van der Waals surface area contributed by atoms with Gasteiger partial charge in [-0.05, 0) is 61.7 Å². The van der Waals surface area contributed by atoms with Crippen LogP contribution in [0.3, 0.4) is 0 Å². The molecule has 0 radical (unpaired) electrons. The average molecular weight is 402 g/mol. The van der Waals surface area contributed by atoms with Crippen LogP contribution in [0, 0.1) is 23.2 Å². The fourth-order valence-corrected chi connectivity index (χ4v) is 6.29. The Kier molecular flexibility index (Phi) is 5.32. The lowest BCUT2D eigenvalue weighted by Crippen LogP contribution is -2.50. The van der Waals surface area contributed by atoms with Crippen LogP contribution in [0.25, 0.3) is 0 Å². The van der Waals surface area contributed by atoms with Crippen LogP contribution in [0.15, 0.2) is 12.1 Å². The minimum atomic E-state index is -0.457. The molecule has 0 spiro atoms. The van der Waals surface area contributed by atoms with Gasteiger partial charge in [-0.1, -0.05) is 0 Å². The number of carbonyl (C=O) groups is 2. The molecule has 0 heterocycles. The van der Waals surface area contributed by atoms with E-state index in [0.29, 0.717) is 23.7 Å². The number of hydrogen-bond donors (Lipinski definition) is 2. The van der Waals surface area contributed by atoms with Gasteiger partial charge in [0.15, 0.2) is 11.5 Å². The van der Waals surface area contributed by atoms with Crippen molar-refractivity contribution in [1.29, 1.82) is 0 Å². The van der Waals surface area contributed by atoms with Crippen molar-refractivity contribution in [3.63, 3.8) is 0 Å². The predicted molar refractivity (Wildman–Crippen MR) is 107 cm³/mol. The van der Waals surface area contributed by atoms with Gasteiger partial charge in [0.1, 0.15) is 5.75 Å². The zero-order valence-electron chi connectivity index (χ0n) is 17.4. The largest absolute Gasteiger partial charge is 0.496 e. The number of nitrogens with one attached hydrogen (secondary N) is 2. The first-order valence-electron chi connectivity index (χ1n) is 10.3. The highest BCUT2D eigenvalue weighted by Crippen LogP contribution is 2.61. The van der Waals surface area contributed by atoms with Crippen molar-refractivity contribution >= 4 is 11.8 Å². The van der Waals surface area contributed by atoms with E-state index in [0.717, 1.165) is 37.0 Å². The van der Waals surface area contributed by atoms with Crippen LogP contribution < -0.4 is 25.1 Å². The number of hydrazine groups is 1. The first-order valence-corrected chi connectivity index (χ1v) is 10.3. The number of amides is 2. The Morgan fingerprint density at radius 3 is 1.90 bits per heavy atom. The van der Waals surface area contributed by atoms with Crippen LogP contribution >= 0.6 is 0 Å². The molecular formula is C22H30N2O5. The number of rotatable bonds is 6. The second kappa shape index (κ2) is 7.76. The molecule has 7 nitrogen and oxygen atoms in total. The van der Waals surface area contributed by atoms with Gasteiger partial charge in [-0.2, -0.15) is 0 Å². The molecule has 0 atom stereocenters. The highest BCUT2D eigenvalue weighted by molar-refractivity contribution is 5.98. The summed E-state index contributed by atoms with van der Waals surface area (Å²) < 4.78 is 15.8. The summed E-state index contributed by atoms with van der Waals surface area (Å²) in [5, 5.41) is 0. The summed E-state index contributed by atoms with van der Waals surface area (Å²) in [5.74, 6) is 3.01. The zero-order valence-corrected chi connectivity index (χ0v) is 17.4.